The molecule has 0 bridgehead atoms. The molecule has 0 spiro atoms. The van der Waals surface area contributed by atoms with Crippen molar-refractivity contribution < 1.29 is 9.53 Å². The van der Waals surface area contributed by atoms with E-state index in [2.05, 4.69) is 22.2 Å². The molecule has 0 aliphatic carbocycles. The van der Waals surface area contributed by atoms with Gasteiger partial charge in [0.1, 0.15) is 5.75 Å². The highest BCUT2D eigenvalue weighted by atomic mass is 16.5. The lowest BCUT2D eigenvalue weighted by Crippen LogP contribution is -2.42. The number of amides is 1. The number of likely N-dealkylation sites (tertiary alicyclic amines) is 1. The van der Waals surface area contributed by atoms with Gasteiger partial charge in [0.25, 0.3) is 5.91 Å². The molecule has 1 atom stereocenters. The van der Waals surface area contributed by atoms with Crippen molar-refractivity contribution in [2.75, 3.05) is 11.9 Å². The maximum atomic E-state index is 12.9. The third-order valence-corrected chi connectivity index (χ3v) is 5.71. The summed E-state index contributed by atoms with van der Waals surface area (Å²) in [7, 11) is 0. The van der Waals surface area contributed by atoms with Gasteiger partial charge in [0, 0.05) is 42.8 Å². The van der Waals surface area contributed by atoms with Crippen molar-refractivity contribution in [2.24, 2.45) is 0 Å². The fourth-order valence-electron chi connectivity index (χ4n) is 3.89. The van der Waals surface area contributed by atoms with E-state index in [0.29, 0.717) is 18.5 Å². The summed E-state index contributed by atoms with van der Waals surface area (Å²) in [6.07, 6.45) is 8.19. The lowest BCUT2D eigenvalue weighted by Gasteiger charge is -2.33. The fraction of sp³-hybridized carbons (Fsp3) is 0.320. The predicted octanol–water partition coefficient (Wildman–Crippen LogP) is 5.20. The highest BCUT2D eigenvalue weighted by molar-refractivity contribution is 5.95. The van der Waals surface area contributed by atoms with Gasteiger partial charge in [-0.2, -0.15) is 0 Å². The van der Waals surface area contributed by atoms with Crippen LogP contribution in [0, 0.1) is 6.92 Å². The van der Waals surface area contributed by atoms with E-state index in [1.165, 1.54) is 6.42 Å². The molecule has 1 saturated heterocycles. The first-order valence-electron chi connectivity index (χ1n) is 10.8. The summed E-state index contributed by atoms with van der Waals surface area (Å²) in [5, 5.41) is 3.46. The van der Waals surface area contributed by atoms with E-state index >= 15 is 0 Å². The number of hydrogen-bond acceptors (Lipinski definition) is 5. The molecule has 1 aliphatic rings. The zero-order chi connectivity index (χ0) is 21.6. The largest absolute Gasteiger partial charge is 0.438 e. The molecule has 0 radical (unpaired) electrons. The first kappa shape index (κ1) is 20.8. The molecule has 2 aromatic carbocycles. The molecule has 2 heterocycles. The highest BCUT2D eigenvalue weighted by Crippen LogP contribution is 2.23. The van der Waals surface area contributed by atoms with Crippen LogP contribution in [0.15, 0.2) is 61.1 Å². The van der Waals surface area contributed by atoms with Gasteiger partial charge in [0.2, 0.25) is 5.88 Å². The van der Waals surface area contributed by atoms with Crippen LogP contribution in [0.25, 0.3) is 0 Å². The molecule has 31 heavy (non-hydrogen) atoms. The van der Waals surface area contributed by atoms with E-state index in [4.69, 9.17) is 4.74 Å². The van der Waals surface area contributed by atoms with E-state index in [-0.39, 0.29) is 5.91 Å². The van der Waals surface area contributed by atoms with Gasteiger partial charge < -0.3 is 15.0 Å². The summed E-state index contributed by atoms with van der Waals surface area (Å²) < 4.78 is 5.68. The van der Waals surface area contributed by atoms with E-state index in [9.17, 15) is 4.79 Å². The molecule has 1 amide bonds. The summed E-state index contributed by atoms with van der Waals surface area (Å²) >= 11 is 0. The zero-order valence-corrected chi connectivity index (χ0v) is 18.0. The number of aromatic nitrogens is 2. The molecule has 0 unspecified atom stereocenters. The smallest absolute Gasteiger partial charge is 0.254 e. The van der Waals surface area contributed by atoms with Crippen LogP contribution in [0.2, 0.25) is 0 Å². The Bertz CT molecular complexity index is 1020. The summed E-state index contributed by atoms with van der Waals surface area (Å²) in [6.45, 7) is 5.72. The molecule has 4 rings (SSSR count). The van der Waals surface area contributed by atoms with Gasteiger partial charge in [-0.05, 0) is 74.6 Å². The Balaban J connectivity index is 1.36. The summed E-state index contributed by atoms with van der Waals surface area (Å²) in [5.74, 6) is 1.33. The third-order valence-electron chi connectivity index (χ3n) is 5.71. The Hall–Kier alpha value is -3.41. The molecule has 6 nitrogen and oxygen atoms in total. The number of carbonyl (C=O) groups excluding carboxylic acids is 1. The Labute approximate surface area is 183 Å². The standard InChI is InChI=1S/C25H28N4O2/c1-18-15-21(25(30)29-14-4-3-5-19(29)2)8-11-23(18)28-16-20-6-9-22(10-7-20)31-24-17-26-12-13-27-24/h6-13,15,17,19,28H,3-5,14,16H2,1-2H3/t19-/m1/s1. The normalized spacial score (nSPS) is 16.1. The quantitative estimate of drug-likeness (QED) is 0.598. The second-order valence-corrected chi connectivity index (χ2v) is 8.02. The van der Waals surface area contributed by atoms with Gasteiger partial charge in [-0.1, -0.05) is 12.1 Å². The number of ether oxygens (including phenoxy) is 1. The van der Waals surface area contributed by atoms with Crippen molar-refractivity contribution in [3.63, 3.8) is 0 Å². The minimum Gasteiger partial charge on any atom is -0.438 e. The van der Waals surface area contributed by atoms with Gasteiger partial charge in [-0.25, -0.2) is 4.98 Å². The zero-order valence-electron chi connectivity index (χ0n) is 18.0. The maximum Gasteiger partial charge on any atom is 0.254 e. The molecular formula is C25H28N4O2. The monoisotopic (exact) mass is 416 g/mol. The van der Waals surface area contributed by atoms with Crippen LogP contribution >= 0.6 is 0 Å². The minimum atomic E-state index is 0.139. The number of anilines is 1. The van der Waals surface area contributed by atoms with Crippen LogP contribution in [-0.2, 0) is 6.54 Å². The van der Waals surface area contributed by atoms with Gasteiger partial charge in [-0.15, -0.1) is 0 Å². The number of rotatable bonds is 6. The molecule has 160 valence electrons. The number of aryl methyl sites for hydroxylation is 1. The predicted molar refractivity (Wildman–Crippen MR) is 121 cm³/mol. The Morgan fingerprint density at radius 2 is 2.00 bits per heavy atom. The number of nitrogens with one attached hydrogen (secondary N) is 1. The van der Waals surface area contributed by atoms with Crippen molar-refractivity contribution >= 4 is 11.6 Å². The van der Waals surface area contributed by atoms with Crippen LogP contribution in [0.4, 0.5) is 5.69 Å². The van der Waals surface area contributed by atoms with Crippen molar-refractivity contribution in [1.29, 1.82) is 0 Å². The van der Waals surface area contributed by atoms with Crippen molar-refractivity contribution in [1.82, 2.24) is 14.9 Å². The second-order valence-electron chi connectivity index (χ2n) is 8.02. The number of hydrogen-bond donors (Lipinski definition) is 1. The molecule has 0 saturated carbocycles. The van der Waals surface area contributed by atoms with Crippen LogP contribution in [-0.4, -0.2) is 33.4 Å². The highest BCUT2D eigenvalue weighted by Gasteiger charge is 2.24. The molecular weight excluding hydrogens is 388 g/mol. The van der Waals surface area contributed by atoms with Crippen molar-refractivity contribution in [3.05, 3.63) is 77.7 Å². The van der Waals surface area contributed by atoms with E-state index in [1.54, 1.807) is 18.6 Å². The van der Waals surface area contributed by atoms with Crippen LogP contribution in [0.3, 0.4) is 0 Å². The second kappa shape index (κ2) is 9.60. The first-order valence-corrected chi connectivity index (χ1v) is 10.8. The minimum absolute atomic E-state index is 0.139. The Morgan fingerprint density at radius 1 is 1.16 bits per heavy atom. The van der Waals surface area contributed by atoms with Crippen molar-refractivity contribution in [3.8, 4) is 11.6 Å². The molecule has 1 aliphatic heterocycles. The van der Waals surface area contributed by atoms with E-state index in [1.807, 2.05) is 54.3 Å². The molecule has 1 fully saturated rings. The summed E-state index contributed by atoms with van der Waals surface area (Å²) in [4.78, 5) is 23.0. The lowest BCUT2D eigenvalue weighted by atomic mass is 10.0. The van der Waals surface area contributed by atoms with E-state index < -0.39 is 0 Å². The van der Waals surface area contributed by atoms with Gasteiger partial charge in [-0.3, -0.25) is 9.78 Å². The average Bonchev–Trinajstić information content (AvgIpc) is 2.80. The van der Waals surface area contributed by atoms with Gasteiger partial charge in [0.15, 0.2) is 0 Å². The molecule has 3 aromatic rings. The number of benzene rings is 2. The van der Waals surface area contributed by atoms with Crippen molar-refractivity contribution in [2.45, 2.75) is 45.7 Å². The van der Waals surface area contributed by atoms with Crippen LogP contribution in [0.1, 0.15) is 47.7 Å². The molecule has 6 heteroatoms. The van der Waals surface area contributed by atoms with Gasteiger partial charge in [0.05, 0.1) is 6.20 Å². The number of piperidine rings is 1. The van der Waals surface area contributed by atoms with Gasteiger partial charge >= 0.3 is 0 Å². The Morgan fingerprint density at radius 3 is 2.71 bits per heavy atom. The average molecular weight is 417 g/mol. The first-order chi connectivity index (χ1) is 15.1. The lowest BCUT2D eigenvalue weighted by molar-refractivity contribution is 0.0635. The summed E-state index contributed by atoms with van der Waals surface area (Å²) in [5.41, 5.74) is 4.00. The third kappa shape index (κ3) is 5.20. The fourth-order valence-corrected chi connectivity index (χ4v) is 3.89. The Kier molecular flexibility index (Phi) is 6.46. The number of carbonyl (C=O) groups is 1. The van der Waals surface area contributed by atoms with E-state index in [0.717, 1.165) is 47.5 Å². The summed E-state index contributed by atoms with van der Waals surface area (Å²) in [6, 6.07) is 14.1. The SMILES string of the molecule is Cc1cc(C(=O)N2CCCC[C@H]2C)ccc1NCc1ccc(Oc2cnccn2)cc1. The maximum absolute atomic E-state index is 12.9. The number of nitrogens with zero attached hydrogens (tertiary/aromatic N) is 3. The molecule has 1 N–H and O–H groups in total. The van der Waals surface area contributed by atoms with Crippen LogP contribution < -0.4 is 10.1 Å². The van der Waals surface area contributed by atoms with Crippen LogP contribution in [0.5, 0.6) is 11.6 Å². The topological polar surface area (TPSA) is 67.4 Å². The molecule has 1 aromatic heterocycles.